The van der Waals surface area contributed by atoms with Crippen LogP contribution in [0, 0.1) is 17.2 Å². The van der Waals surface area contributed by atoms with E-state index in [2.05, 4.69) is 62.7 Å². The van der Waals surface area contributed by atoms with Crippen LogP contribution in [0.15, 0.2) is 59.6 Å². The van der Waals surface area contributed by atoms with Gasteiger partial charge in [0.1, 0.15) is 17.3 Å². The second-order valence-corrected chi connectivity index (χ2v) is 8.56. The zero-order valence-electron chi connectivity index (χ0n) is 19.0. The summed E-state index contributed by atoms with van der Waals surface area (Å²) in [6.07, 6.45) is 11.3. The van der Waals surface area contributed by atoms with E-state index in [1.54, 1.807) is 0 Å². The Labute approximate surface area is 193 Å². The molecule has 2 unspecified atom stereocenters. The number of nitrogens with one attached hydrogen (secondary N) is 2. The van der Waals surface area contributed by atoms with E-state index in [4.69, 9.17) is 4.98 Å². The van der Waals surface area contributed by atoms with Gasteiger partial charge >= 0.3 is 0 Å². The smallest absolute Gasteiger partial charge is 0.139 e. The summed E-state index contributed by atoms with van der Waals surface area (Å²) < 4.78 is 1.99. The highest BCUT2D eigenvalue weighted by Crippen LogP contribution is 2.33. The molecule has 8 heteroatoms. The Morgan fingerprint density at radius 1 is 1.36 bits per heavy atom. The van der Waals surface area contributed by atoms with E-state index in [1.807, 2.05) is 36.3 Å². The fraction of sp³-hybridized carbons (Fsp3) is 0.360. The fourth-order valence-electron chi connectivity index (χ4n) is 4.80. The van der Waals surface area contributed by atoms with E-state index in [0.717, 1.165) is 65.5 Å². The summed E-state index contributed by atoms with van der Waals surface area (Å²) >= 11 is 0. The maximum Gasteiger partial charge on any atom is 0.139 e. The summed E-state index contributed by atoms with van der Waals surface area (Å²) in [6.45, 7) is 6.64. The predicted molar refractivity (Wildman–Crippen MR) is 131 cm³/mol. The van der Waals surface area contributed by atoms with Crippen molar-refractivity contribution in [2.75, 3.05) is 24.5 Å². The minimum Gasteiger partial charge on any atom is -0.356 e. The average molecular weight is 441 g/mol. The first-order valence-electron chi connectivity index (χ1n) is 11.5. The lowest BCUT2D eigenvalue weighted by atomic mass is 9.96. The largest absolute Gasteiger partial charge is 0.356 e. The molecule has 2 atom stereocenters. The van der Waals surface area contributed by atoms with Crippen LogP contribution in [0.5, 0.6) is 0 Å². The quantitative estimate of drug-likeness (QED) is 0.603. The number of aromatic amines is 1. The Bertz CT molecular complexity index is 1280. The minimum atomic E-state index is 0.0294. The molecular weight excluding hydrogens is 412 g/mol. The van der Waals surface area contributed by atoms with E-state index >= 15 is 0 Å². The van der Waals surface area contributed by atoms with Crippen molar-refractivity contribution in [3.8, 4) is 6.07 Å². The third-order valence-corrected chi connectivity index (χ3v) is 6.61. The summed E-state index contributed by atoms with van der Waals surface area (Å²) in [7, 11) is 0. The van der Waals surface area contributed by atoms with Gasteiger partial charge in [0, 0.05) is 60.7 Å². The molecule has 0 saturated carbocycles. The number of hydrogen-bond acceptors (Lipinski definition) is 5. The normalized spacial score (nSPS) is 21.5. The first-order chi connectivity index (χ1) is 16.2. The molecule has 0 bridgehead atoms. The molecule has 0 radical (unpaired) electrons. The molecule has 8 nitrogen and oxygen atoms in total. The van der Waals surface area contributed by atoms with Gasteiger partial charge in [0.2, 0.25) is 0 Å². The van der Waals surface area contributed by atoms with Gasteiger partial charge in [-0.25, -0.2) is 4.98 Å². The molecule has 3 aromatic heterocycles. The number of allylic oxidation sites excluding steroid dienone is 1. The number of hydrogen-bond donors (Lipinski definition) is 2. The Kier molecular flexibility index (Phi) is 5.69. The summed E-state index contributed by atoms with van der Waals surface area (Å²) in [5, 5.41) is 18.6. The molecule has 1 fully saturated rings. The average Bonchev–Trinajstić information content (AvgIpc) is 3.63. The van der Waals surface area contributed by atoms with Crippen molar-refractivity contribution in [1.82, 2.24) is 25.1 Å². The van der Waals surface area contributed by atoms with Gasteiger partial charge in [-0.05, 0) is 50.1 Å². The second-order valence-electron chi connectivity index (χ2n) is 8.56. The van der Waals surface area contributed by atoms with Gasteiger partial charge in [-0.3, -0.25) is 9.67 Å². The molecule has 0 aromatic carbocycles. The van der Waals surface area contributed by atoms with E-state index in [-0.39, 0.29) is 6.04 Å². The molecule has 0 aliphatic carbocycles. The highest BCUT2D eigenvalue weighted by atomic mass is 15.3. The number of nitrogens with zero attached hydrogens (tertiary/aromatic N) is 6. The number of nitriles is 1. The van der Waals surface area contributed by atoms with Gasteiger partial charge in [0.05, 0.1) is 24.7 Å². The zero-order chi connectivity index (χ0) is 22.8. The van der Waals surface area contributed by atoms with Crippen LogP contribution in [0.4, 0.5) is 5.82 Å². The lowest BCUT2D eigenvalue weighted by Crippen LogP contribution is -2.25. The Hall–Kier alpha value is -3.86. The summed E-state index contributed by atoms with van der Waals surface area (Å²) in [5.41, 5.74) is 4.18. The third kappa shape index (κ3) is 4.02. The number of rotatable bonds is 6. The Morgan fingerprint density at radius 2 is 2.27 bits per heavy atom. The summed E-state index contributed by atoms with van der Waals surface area (Å²) in [5.74, 6) is 2.21. The zero-order valence-corrected chi connectivity index (χ0v) is 19.0. The van der Waals surface area contributed by atoms with Crippen LogP contribution in [-0.4, -0.2) is 45.2 Å². The lowest BCUT2D eigenvalue weighted by molar-refractivity contribution is 0.331. The number of aromatic nitrogens is 4. The highest BCUT2D eigenvalue weighted by molar-refractivity contribution is 6.09. The van der Waals surface area contributed by atoms with Crippen LogP contribution in [-0.2, 0) is 0 Å². The standard InChI is InChI=1S/C25H28N8/c1-3-27-25-21(8-12-29-25)17(2)20-14-30-33(16-20)22(6-10-26)19-9-13-32(15-19)23-5-4-18-7-11-28-24(18)31-23/h4-5,7-8,11-12,14,16,19,22H,3,6,9,13,15H2,1-2H3,(H,27,29)(H,28,31)/b21-17+. The van der Waals surface area contributed by atoms with E-state index < -0.39 is 0 Å². The molecule has 2 aliphatic heterocycles. The monoisotopic (exact) mass is 440 g/mol. The first-order valence-corrected chi connectivity index (χ1v) is 11.5. The maximum atomic E-state index is 9.55. The van der Waals surface area contributed by atoms with Crippen LogP contribution < -0.4 is 10.2 Å². The fourth-order valence-corrected chi connectivity index (χ4v) is 4.80. The number of fused-ring (bicyclic) bond motifs is 1. The predicted octanol–water partition coefficient (Wildman–Crippen LogP) is 4.05. The van der Waals surface area contributed by atoms with E-state index in [1.165, 1.54) is 0 Å². The van der Waals surface area contributed by atoms with Crippen LogP contribution >= 0.6 is 0 Å². The Balaban J connectivity index is 1.37. The molecule has 1 saturated heterocycles. The molecule has 5 heterocycles. The third-order valence-electron chi connectivity index (χ3n) is 6.61. The van der Waals surface area contributed by atoms with Gasteiger partial charge in [-0.15, -0.1) is 0 Å². The molecule has 3 aromatic rings. The number of H-pyrrole nitrogens is 1. The first kappa shape index (κ1) is 21.0. The molecule has 2 N–H and O–H groups in total. The molecule has 33 heavy (non-hydrogen) atoms. The molecule has 0 spiro atoms. The molecular formula is C25H28N8. The summed E-state index contributed by atoms with van der Waals surface area (Å²) in [6, 6.07) is 8.63. The van der Waals surface area contributed by atoms with Crippen molar-refractivity contribution in [1.29, 1.82) is 5.26 Å². The van der Waals surface area contributed by atoms with Crippen molar-refractivity contribution in [3.63, 3.8) is 0 Å². The van der Waals surface area contributed by atoms with Crippen LogP contribution in [0.2, 0.25) is 0 Å². The number of pyridine rings is 1. The van der Waals surface area contributed by atoms with E-state index in [0.29, 0.717) is 12.3 Å². The van der Waals surface area contributed by atoms with Crippen molar-refractivity contribution in [3.05, 3.63) is 60.2 Å². The SMILES string of the molecule is CCN=C1NC=C/C1=C(/C)c1cnn(C(CC#N)C2CCN(c3ccc4cc[nH]c4n3)C2)c1. The van der Waals surface area contributed by atoms with Crippen LogP contribution in [0.1, 0.15) is 38.3 Å². The molecule has 5 rings (SSSR count). The van der Waals surface area contributed by atoms with Gasteiger partial charge in [0.25, 0.3) is 0 Å². The highest BCUT2D eigenvalue weighted by Gasteiger charge is 2.32. The van der Waals surface area contributed by atoms with Gasteiger partial charge in [-0.2, -0.15) is 10.4 Å². The molecule has 0 amide bonds. The van der Waals surface area contributed by atoms with Crippen LogP contribution in [0.3, 0.4) is 0 Å². The van der Waals surface area contributed by atoms with Crippen LogP contribution in [0.25, 0.3) is 16.6 Å². The number of amidine groups is 1. The van der Waals surface area contributed by atoms with Crippen molar-refractivity contribution in [2.24, 2.45) is 10.9 Å². The topological polar surface area (TPSA) is 97.9 Å². The molecule has 2 aliphatic rings. The maximum absolute atomic E-state index is 9.55. The van der Waals surface area contributed by atoms with Crippen molar-refractivity contribution < 1.29 is 0 Å². The van der Waals surface area contributed by atoms with Gasteiger partial charge in [0.15, 0.2) is 0 Å². The number of anilines is 1. The second kappa shape index (κ2) is 8.94. The number of aliphatic imine (C=N–C) groups is 1. The Morgan fingerprint density at radius 3 is 3.12 bits per heavy atom. The van der Waals surface area contributed by atoms with Gasteiger partial charge in [-0.1, -0.05) is 0 Å². The van der Waals surface area contributed by atoms with Crippen molar-refractivity contribution in [2.45, 2.75) is 32.7 Å². The lowest BCUT2D eigenvalue weighted by Gasteiger charge is -2.23. The van der Waals surface area contributed by atoms with E-state index in [9.17, 15) is 5.26 Å². The molecule has 168 valence electrons. The van der Waals surface area contributed by atoms with Gasteiger partial charge < -0.3 is 15.2 Å². The summed E-state index contributed by atoms with van der Waals surface area (Å²) in [4.78, 5) is 14.8. The van der Waals surface area contributed by atoms with Crippen molar-refractivity contribution >= 4 is 28.3 Å². The minimum absolute atomic E-state index is 0.0294.